The van der Waals surface area contributed by atoms with Crippen molar-refractivity contribution in [3.05, 3.63) is 57.2 Å². The Morgan fingerprint density at radius 2 is 1.70 bits per heavy atom. The lowest BCUT2D eigenvalue weighted by Gasteiger charge is -2.23. The zero-order valence-electron chi connectivity index (χ0n) is 10.4. The number of hydrogen-bond acceptors (Lipinski definition) is 3. The van der Waals surface area contributed by atoms with E-state index < -0.39 is 10.0 Å². The van der Waals surface area contributed by atoms with Gasteiger partial charge in [0.05, 0.1) is 17.0 Å². The molecule has 0 heterocycles. The predicted octanol–water partition coefficient (Wildman–Crippen LogP) is 4.40. The first-order chi connectivity index (χ1) is 9.44. The van der Waals surface area contributed by atoms with Crippen LogP contribution >= 0.6 is 23.2 Å². The molecule has 0 aliphatic rings. The van der Waals surface area contributed by atoms with Gasteiger partial charge in [-0.3, -0.25) is 0 Å². The maximum absolute atomic E-state index is 12.2. The van der Waals surface area contributed by atoms with Crippen LogP contribution in [0.25, 0.3) is 4.72 Å². The maximum Gasteiger partial charge on any atom is 0.123 e. The summed E-state index contributed by atoms with van der Waals surface area (Å²) in [7, 11) is -2.35. The van der Waals surface area contributed by atoms with Crippen molar-refractivity contribution in [3.63, 3.8) is 0 Å². The van der Waals surface area contributed by atoms with Crippen molar-refractivity contribution in [2.24, 2.45) is 0 Å². The van der Waals surface area contributed by atoms with Gasteiger partial charge < -0.3 is 9.46 Å². The van der Waals surface area contributed by atoms with Crippen LogP contribution in [0.5, 0.6) is 5.75 Å². The van der Waals surface area contributed by atoms with E-state index in [2.05, 4.69) is 4.72 Å². The standard InChI is InChI=1S/C13H10Cl2NO3S/c1-19-9-5-7-10(8-6-9)20(17,18)16-12-4-2-3-11(14)13(12)15/h2-8H,1H3/q-1. The van der Waals surface area contributed by atoms with Crippen LogP contribution in [0.4, 0.5) is 5.69 Å². The van der Waals surface area contributed by atoms with E-state index in [1.54, 1.807) is 24.3 Å². The summed E-state index contributed by atoms with van der Waals surface area (Å²) < 4.78 is 33.0. The molecule has 0 atom stereocenters. The Morgan fingerprint density at radius 1 is 1.05 bits per heavy atom. The molecule has 2 aromatic rings. The average Bonchev–Trinajstić information content (AvgIpc) is 2.44. The lowest BCUT2D eigenvalue weighted by molar-refractivity contribution is 0.414. The smallest absolute Gasteiger partial charge is 0.123 e. The summed E-state index contributed by atoms with van der Waals surface area (Å²) in [6.45, 7) is 0. The Morgan fingerprint density at radius 3 is 2.30 bits per heavy atom. The zero-order chi connectivity index (χ0) is 14.8. The third kappa shape index (κ3) is 3.17. The van der Waals surface area contributed by atoms with Crippen molar-refractivity contribution >= 4 is 38.9 Å². The van der Waals surface area contributed by atoms with Crippen molar-refractivity contribution in [2.75, 3.05) is 7.11 Å². The van der Waals surface area contributed by atoms with Gasteiger partial charge in [0.2, 0.25) is 0 Å². The Kier molecular flexibility index (Phi) is 4.42. The number of sulfonamides is 1. The SMILES string of the molecule is COc1ccc(S(=O)(=O)[N-]c2cccc(Cl)c2Cl)cc1. The van der Waals surface area contributed by atoms with Crippen LogP contribution in [0, 0.1) is 0 Å². The molecule has 0 aromatic heterocycles. The van der Waals surface area contributed by atoms with Gasteiger partial charge in [-0.15, -0.1) is 5.69 Å². The van der Waals surface area contributed by atoms with Crippen molar-refractivity contribution < 1.29 is 13.2 Å². The zero-order valence-corrected chi connectivity index (χ0v) is 12.7. The van der Waals surface area contributed by atoms with Crippen molar-refractivity contribution in [1.29, 1.82) is 0 Å². The molecule has 0 radical (unpaired) electrons. The van der Waals surface area contributed by atoms with Crippen LogP contribution in [-0.4, -0.2) is 15.5 Å². The minimum absolute atomic E-state index is 0.0503. The second-order valence-corrected chi connectivity index (χ2v) is 6.20. The summed E-state index contributed by atoms with van der Waals surface area (Å²) in [5.74, 6) is 0.560. The first-order valence-corrected chi connectivity index (χ1v) is 7.70. The number of ether oxygens (including phenoxy) is 1. The molecule has 4 nitrogen and oxygen atoms in total. The lowest BCUT2D eigenvalue weighted by Crippen LogP contribution is -1.98. The minimum Gasteiger partial charge on any atom is -0.571 e. The summed E-state index contributed by atoms with van der Waals surface area (Å²) in [6.07, 6.45) is 0. The van der Waals surface area contributed by atoms with E-state index in [0.29, 0.717) is 5.75 Å². The quantitative estimate of drug-likeness (QED) is 0.834. The molecule has 7 heteroatoms. The molecule has 20 heavy (non-hydrogen) atoms. The fraction of sp³-hybridized carbons (Fsp3) is 0.0769. The van der Waals surface area contributed by atoms with Gasteiger partial charge in [0.15, 0.2) is 0 Å². The number of hydrogen-bond donors (Lipinski definition) is 0. The van der Waals surface area contributed by atoms with E-state index in [1.807, 2.05) is 0 Å². The summed E-state index contributed by atoms with van der Waals surface area (Å²) in [5, 5.41) is 0.351. The third-order valence-corrected chi connectivity index (χ3v) is 4.62. The number of methoxy groups -OCH3 is 1. The van der Waals surface area contributed by atoms with Gasteiger partial charge >= 0.3 is 0 Å². The molecule has 0 fully saturated rings. The Hall–Kier alpha value is -1.43. The molecule has 0 aliphatic carbocycles. The number of nitrogens with zero attached hydrogens (tertiary/aromatic N) is 1. The molecule has 0 aliphatic heterocycles. The third-order valence-electron chi connectivity index (χ3n) is 2.51. The lowest BCUT2D eigenvalue weighted by atomic mass is 10.3. The van der Waals surface area contributed by atoms with Gasteiger partial charge in [-0.25, -0.2) is 8.42 Å². The Balaban J connectivity index is 2.33. The molecular weight excluding hydrogens is 321 g/mol. The summed E-state index contributed by atoms with van der Waals surface area (Å²) in [6, 6.07) is 10.5. The second kappa shape index (κ2) is 5.91. The van der Waals surface area contributed by atoms with Crippen molar-refractivity contribution in [3.8, 4) is 5.75 Å². The van der Waals surface area contributed by atoms with E-state index in [4.69, 9.17) is 27.9 Å². The van der Waals surface area contributed by atoms with E-state index in [0.717, 1.165) is 0 Å². The Bertz CT molecular complexity index is 715. The predicted molar refractivity (Wildman–Crippen MR) is 79.7 cm³/mol. The van der Waals surface area contributed by atoms with Crippen LogP contribution in [0.2, 0.25) is 10.0 Å². The molecular formula is C13H10Cl2NO3S-. The molecule has 0 amide bonds. The first-order valence-electron chi connectivity index (χ1n) is 5.50. The normalized spacial score (nSPS) is 11.2. The molecule has 106 valence electrons. The highest BCUT2D eigenvalue weighted by atomic mass is 35.5. The molecule has 2 rings (SSSR count). The average molecular weight is 331 g/mol. The van der Waals surface area contributed by atoms with E-state index >= 15 is 0 Å². The molecule has 2 aromatic carbocycles. The first kappa shape index (κ1) is 15.0. The van der Waals surface area contributed by atoms with Crippen LogP contribution in [0.1, 0.15) is 0 Å². The summed E-state index contributed by atoms with van der Waals surface area (Å²) in [4.78, 5) is 0.0503. The fourth-order valence-electron chi connectivity index (χ4n) is 1.49. The topological polar surface area (TPSA) is 57.5 Å². The summed E-state index contributed by atoms with van der Waals surface area (Å²) >= 11 is 11.7. The van der Waals surface area contributed by atoms with E-state index in [1.165, 1.54) is 25.3 Å². The fourth-order valence-corrected chi connectivity index (χ4v) is 2.88. The number of benzene rings is 2. The van der Waals surface area contributed by atoms with Crippen LogP contribution < -0.4 is 4.74 Å². The number of rotatable bonds is 4. The minimum atomic E-state index is -3.85. The number of halogens is 2. The van der Waals surface area contributed by atoms with Gasteiger partial charge in [-0.05, 0) is 30.3 Å². The largest absolute Gasteiger partial charge is 0.571 e. The van der Waals surface area contributed by atoms with E-state index in [9.17, 15) is 8.42 Å². The molecule has 0 saturated carbocycles. The molecule has 0 spiro atoms. The van der Waals surface area contributed by atoms with Crippen LogP contribution in [-0.2, 0) is 10.0 Å². The highest BCUT2D eigenvalue weighted by molar-refractivity contribution is 7.94. The highest BCUT2D eigenvalue weighted by Gasteiger charge is 2.07. The van der Waals surface area contributed by atoms with Gasteiger partial charge in [-0.2, -0.15) is 0 Å². The van der Waals surface area contributed by atoms with Crippen molar-refractivity contribution in [1.82, 2.24) is 0 Å². The molecule has 0 bridgehead atoms. The van der Waals surface area contributed by atoms with Gasteiger partial charge in [0.1, 0.15) is 15.8 Å². The van der Waals surface area contributed by atoms with Crippen molar-refractivity contribution in [2.45, 2.75) is 4.90 Å². The van der Waals surface area contributed by atoms with Gasteiger partial charge in [0, 0.05) is 5.02 Å². The van der Waals surface area contributed by atoms with Gasteiger partial charge in [-0.1, -0.05) is 35.3 Å². The highest BCUT2D eigenvalue weighted by Crippen LogP contribution is 2.38. The van der Waals surface area contributed by atoms with E-state index in [-0.39, 0.29) is 20.6 Å². The molecule has 0 unspecified atom stereocenters. The second-order valence-electron chi connectivity index (χ2n) is 3.81. The van der Waals surface area contributed by atoms with Crippen LogP contribution in [0.3, 0.4) is 0 Å². The maximum atomic E-state index is 12.2. The van der Waals surface area contributed by atoms with Crippen LogP contribution in [0.15, 0.2) is 47.4 Å². The molecule has 0 saturated heterocycles. The monoisotopic (exact) mass is 330 g/mol. The Labute approximate surface area is 127 Å². The van der Waals surface area contributed by atoms with Gasteiger partial charge in [0.25, 0.3) is 0 Å². The molecule has 0 N–H and O–H groups in total. The summed E-state index contributed by atoms with van der Waals surface area (Å²) in [5.41, 5.74) is 0.106.